The minimum atomic E-state index is 0.946. The molecule has 0 aliphatic rings. The highest BCUT2D eigenvalue weighted by Crippen LogP contribution is 2.36. The number of benzene rings is 3. The van der Waals surface area contributed by atoms with Gasteiger partial charge in [-0.1, -0.05) is 54.6 Å². The van der Waals surface area contributed by atoms with Crippen molar-refractivity contribution in [1.29, 1.82) is 0 Å². The Bertz CT molecular complexity index is 1460. The van der Waals surface area contributed by atoms with Crippen LogP contribution in [0.15, 0.2) is 96.4 Å². The van der Waals surface area contributed by atoms with Crippen LogP contribution in [0.5, 0.6) is 0 Å². The molecule has 0 N–H and O–H groups in total. The molecule has 3 heteroatoms. The summed E-state index contributed by atoms with van der Waals surface area (Å²) in [4.78, 5) is 5.02. The molecule has 3 aromatic heterocycles. The highest BCUT2D eigenvalue weighted by Gasteiger charge is 2.14. The number of hydrogen-bond donors (Lipinski definition) is 0. The van der Waals surface area contributed by atoms with Crippen LogP contribution in [0.1, 0.15) is 0 Å². The fourth-order valence-electron chi connectivity index (χ4n) is 3.99. The summed E-state index contributed by atoms with van der Waals surface area (Å²) < 4.78 is 3.61. The van der Waals surface area contributed by atoms with Crippen molar-refractivity contribution in [2.24, 2.45) is 0 Å². The van der Waals surface area contributed by atoms with Gasteiger partial charge in [-0.25, -0.2) is 4.98 Å². The smallest absolute Gasteiger partial charge is 0.138 e. The average molecular weight is 376 g/mol. The summed E-state index contributed by atoms with van der Waals surface area (Å²) >= 11 is 1.79. The molecule has 0 saturated carbocycles. The van der Waals surface area contributed by atoms with E-state index in [1.165, 1.54) is 31.9 Å². The van der Waals surface area contributed by atoms with Crippen LogP contribution in [-0.4, -0.2) is 9.55 Å². The van der Waals surface area contributed by atoms with Crippen molar-refractivity contribution in [2.45, 2.75) is 0 Å². The van der Waals surface area contributed by atoms with Gasteiger partial charge in [0.05, 0.1) is 16.7 Å². The van der Waals surface area contributed by atoms with Crippen LogP contribution in [0, 0.1) is 0 Å². The Morgan fingerprint density at radius 1 is 0.679 bits per heavy atom. The Morgan fingerprint density at radius 3 is 2.46 bits per heavy atom. The number of nitrogens with zero attached hydrogens (tertiary/aromatic N) is 2. The summed E-state index contributed by atoms with van der Waals surface area (Å²) in [5.41, 5.74) is 4.50. The quantitative estimate of drug-likeness (QED) is 0.316. The average Bonchev–Trinajstić information content (AvgIpc) is 3.34. The van der Waals surface area contributed by atoms with E-state index in [4.69, 9.17) is 4.98 Å². The van der Waals surface area contributed by atoms with Gasteiger partial charge in [0, 0.05) is 21.0 Å². The molecule has 0 bridgehead atoms. The zero-order valence-corrected chi connectivity index (χ0v) is 15.9. The molecule has 3 aromatic carbocycles. The van der Waals surface area contributed by atoms with Gasteiger partial charge in [0.1, 0.15) is 5.82 Å². The lowest BCUT2D eigenvalue weighted by molar-refractivity contribution is 1.08. The number of hydrogen-bond acceptors (Lipinski definition) is 2. The van der Waals surface area contributed by atoms with Crippen LogP contribution in [0.25, 0.3) is 49.0 Å². The molecular formula is C25H16N2S. The molecule has 0 radical (unpaired) electrons. The van der Waals surface area contributed by atoms with Crippen LogP contribution in [-0.2, 0) is 0 Å². The summed E-state index contributed by atoms with van der Waals surface area (Å²) in [6.45, 7) is 0. The molecule has 0 amide bonds. The summed E-state index contributed by atoms with van der Waals surface area (Å²) in [6, 6.07) is 32.0. The number of aromatic nitrogens is 2. The van der Waals surface area contributed by atoms with E-state index in [1.54, 1.807) is 11.3 Å². The van der Waals surface area contributed by atoms with Crippen molar-refractivity contribution in [2.75, 3.05) is 0 Å². The van der Waals surface area contributed by atoms with Crippen LogP contribution in [0.3, 0.4) is 0 Å². The van der Waals surface area contributed by atoms with Crippen LogP contribution >= 0.6 is 11.3 Å². The molecule has 0 aliphatic heterocycles. The minimum Gasteiger partial charge on any atom is -0.294 e. The molecular weight excluding hydrogens is 360 g/mol. The first-order valence-electron chi connectivity index (χ1n) is 9.32. The van der Waals surface area contributed by atoms with Gasteiger partial charge in [-0.3, -0.25) is 4.57 Å². The molecule has 132 valence electrons. The molecule has 2 nitrogen and oxygen atoms in total. The maximum atomic E-state index is 5.02. The van der Waals surface area contributed by atoms with E-state index < -0.39 is 0 Å². The molecule has 28 heavy (non-hydrogen) atoms. The first-order chi connectivity index (χ1) is 13.9. The fraction of sp³-hybridized carbons (Fsp3) is 0. The normalized spacial score (nSPS) is 11.6. The second-order valence-corrected chi connectivity index (χ2v) is 7.88. The summed E-state index contributed by atoms with van der Waals surface area (Å²) in [7, 11) is 0. The Hall–Kier alpha value is -3.43. The Kier molecular flexibility index (Phi) is 3.37. The standard InChI is InChI=1S/C25H16N2S/c1-2-7-17(8-3-1)21-10-6-12-25(26-21)27-22-11-5-4-9-19(22)20-16-24-18(13-14-28-24)15-23(20)27/h1-16H. The van der Waals surface area contributed by atoms with Gasteiger partial charge in [0.2, 0.25) is 0 Å². The van der Waals surface area contributed by atoms with Crippen molar-refractivity contribution in [3.05, 3.63) is 96.4 Å². The largest absolute Gasteiger partial charge is 0.294 e. The van der Waals surface area contributed by atoms with E-state index in [-0.39, 0.29) is 0 Å². The van der Waals surface area contributed by atoms with Crippen molar-refractivity contribution < 1.29 is 0 Å². The Balaban J connectivity index is 1.69. The number of fused-ring (bicyclic) bond motifs is 4. The number of thiophene rings is 1. The first-order valence-corrected chi connectivity index (χ1v) is 10.2. The van der Waals surface area contributed by atoms with Gasteiger partial charge in [0.15, 0.2) is 0 Å². The second-order valence-electron chi connectivity index (χ2n) is 6.93. The van der Waals surface area contributed by atoms with E-state index in [0.29, 0.717) is 0 Å². The summed E-state index contributed by atoms with van der Waals surface area (Å²) in [6.07, 6.45) is 0. The third kappa shape index (κ3) is 2.30. The topological polar surface area (TPSA) is 17.8 Å². The van der Waals surface area contributed by atoms with Gasteiger partial charge >= 0.3 is 0 Å². The lowest BCUT2D eigenvalue weighted by Crippen LogP contribution is -1.98. The molecule has 0 spiro atoms. The van der Waals surface area contributed by atoms with Gasteiger partial charge in [-0.2, -0.15) is 0 Å². The molecule has 0 atom stereocenters. The zero-order chi connectivity index (χ0) is 18.5. The molecule has 0 aliphatic carbocycles. The SMILES string of the molecule is c1ccc(-c2cccc(-n3c4ccccc4c4cc5sccc5cc43)n2)cc1. The molecule has 0 saturated heterocycles. The van der Waals surface area contributed by atoms with Gasteiger partial charge in [0.25, 0.3) is 0 Å². The van der Waals surface area contributed by atoms with Crippen LogP contribution in [0.2, 0.25) is 0 Å². The number of pyridine rings is 1. The lowest BCUT2D eigenvalue weighted by atomic mass is 10.1. The van der Waals surface area contributed by atoms with Crippen molar-refractivity contribution in [1.82, 2.24) is 9.55 Å². The minimum absolute atomic E-state index is 0.946. The maximum Gasteiger partial charge on any atom is 0.138 e. The van der Waals surface area contributed by atoms with E-state index >= 15 is 0 Å². The molecule has 0 unspecified atom stereocenters. The molecule has 6 aromatic rings. The molecule has 3 heterocycles. The van der Waals surface area contributed by atoms with Crippen molar-refractivity contribution >= 4 is 43.2 Å². The Labute approximate surface area is 166 Å². The lowest BCUT2D eigenvalue weighted by Gasteiger charge is -2.09. The van der Waals surface area contributed by atoms with E-state index in [2.05, 4.69) is 94.9 Å². The number of rotatable bonds is 2. The fourth-order valence-corrected chi connectivity index (χ4v) is 4.80. The monoisotopic (exact) mass is 376 g/mol. The van der Waals surface area contributed by atoms with Crippen LogP contribution in [0.4, 0.5) is 0 Å². The van der Waals surface area contributed by atoms with E-state index in [9.17, 15) is 0 Å². The zero-order valence-electron chi connectivity index (χ0n) is 15.0. The highest BCUT2D eigenvalue weighted by molar-refractivity contribution is 7.17. The summed E-state index contributed by atoms with van der Waals surface area (Å²) in [5, 5.41) is 5.97. The molecule has 6 rings (SSSR count). The molecule has 0 fully saturated rings. The summed E-state index contributed by atoms with van der Waals surface area (Å²) in [5.74, 6) is 0.946. The van der Waals surface area contributed by atoms with Gasteiger partial charge in [-0.05, 0) is 47.2 Å². The van der Waals surface area contributed by atoms with Gasteiger partial charge in [-0.15, -0.1) is 11.3 Å². The van der Waals surface area contributed by atoms with Crippen molar-refractivity contribution in [3.63, 3.8) is 0 Å². The third-order valence-electron chi connectivity index (χ3n) is 5.28. The predicted octanol–water partition coefficient (Wildman–Crippen LogP) is 7.06. The number of para-hydroxylation sites is 1. The maximum absolute atomic E-state index is 5.02. The third-order valence-corrected chi connectivity index (χ3v) is 6.16. The predicted molar refractivity (Wildman–Crippen MR) is 119 cm³/mol. The highest BCUT2D eigenvalue weighted by atomic mass is 32.1. The Morgan fingerprint density at radius 2 is 1.54 bits per heavy atom. The van der Waals surface area contributed by atoms with Gasteiger partial charge < -0.3 is 0 Å². The van der Waals surface area contributed by atoms with E-state index in [0.717, 1.165) is 17.1 Å². The van der Waals surface area contributed by atoms with Crippen LogP contribution < -0.4 is 0 Å². The first kappa shape index (κ1) is 15.6. The van der Waals surface area contributed by atoms with Crippen molar-refractivity contribution in [3.8, 4) is 17.1 Å². The van der Waals surface area contributed by atoms with E-state index in [1.807, 2.05) is 6.07 Å². The second kappa shape index (κ2) is 6.04.